The molecule has 0 saturated carbocycles. The molecule has 0 aliphatic carbocycles. The largest absolute Gasteiger partial charge is 0.507 e. The molecule has 0 unspecified atom stereocenters. The van der Waals surface area contributed by atoms with Gasteiger partial charge in [-0.25, -0.2) is 4.98 Å². The van der Waals surface area contributed by atoms with Gasteiger partial charge >= 0.3 is 0 Å². The summed E-state index contributed by atoms with van der Waals surface area (Å²) >= 11 is 0. The fourth-order valence-corrected chi connectivity index (χ4v) is 1.57. The molecule has 2 aromatic rings. The Hall–Kier alpha value is -2.03. The normalized spacial score (nSPS) is 10.2. The van der Waals surface area contributed by atoms with E-state index < -0.39 is 0 Å². The van der Waals surface area contributed by atoms with Crippen LogP contribution in [0.1, 0.15) is 5.69 Å². The number of anilines is 1. The Morgan fingerprint density at radius 2 is 1.80 bits per heavy atom. The smallest absolute Gasteiger partial charge is 0.123 e. The van der Waals surface area contributed by atoms with Crippen molar-refractivity contribution in [1.29, 1.82) is 0 Å². The first kappa shape index (κ1) is 9.52. The molecule has 0 atom stereocenters. The Balaban J connectivity index is 2.60. The average Bonchev–Trinajstić information content (AvgIpc) is 2.20. The molecule has 0 fully saturated rings. The standard InChI is InChI=1S/C12H12N2O/c1-8-9(6-7-12(13)14-8)10-4-2-3-5-11(10)15/h2-7,15H,1H3,(H2,13,14). The van der Waals surface area contributed by atoms with Gasteiger partial charge in [0.05, 0.1) is 0 Å². The number of nitrogens with zero attached hydrogens (tertiary/aromatic N) is 1. The molecule has 15 heavy (non-hydrogen) atoms. The molecule has 1 aromatic heterocycles. The van der Waals surface area contributed by atoms with Crippen LogP contribution in [0.3, 0.4) is 0 Å². The van der Waals surface area contributed by atoms with Crippen LogP contribution in [0.4, 0.5) is 5.82 Å². The predicted molar refractivity (Wildman–Crippen MR) is 60.5 cm³/mol. The molecule has 1 aromatic carbocycles. The highest BCUT2D eigenvalue weighted by Crippen LogP contribution is 2.30. The van der Waals surface area contributed by atoms with Gasteiger partial charge in [0.15, 0.2) is 0 Å². The summed E-state index contributed by atoms with van der Waals surface area (Å²) in [5.74, 6) is 0.749. The molecule has 0 aliphatic rings. The molecule has 3 N–H and O–H groups in total. The lowest BCUT2D eigenvalue weighted by molar-refractivity contribution is 0.477. The van der Waals surface area contributed by atoms with Crippen LogP contribution in [0.5, 0.6) is 5.75 Å². The van der Waals surface area contributed by atoms with Gasteiger partial charge in [0.1, 0.15) is 11.6 Å². The van der Waals surface area contributed by atoms with Gasteiger partial charge in [0.25, 0.3) is 0 Å². The van der Waals surface area contributed by atoms with E-state index in [9.17, 15) is 5.11 Å². The van der Waals surface area contributed by atoms with Crippen LogP contribution < -0.4 is 5.73 Å². The van der Waals surface area contributed by atoms with Crippen LogP contribution in [0.2, 0.25) is 0 Å². The third kappa shape index (κ3) is 1.76. The van der Waals surface area contributed by atoms with Crippen LogP contribution in [0.15, 0.2) is 36.4 Å². The molecule has 0 radical (unpaired) electrons. The average molecular weight is 200 g/mol. The van der Waals surface area contributed by atoms with Gasteiger partial charge in [-0.1, -0.05) is 18.2 Å². The molecule has 3 heteroatoms. The van der Waals surface area contributed by atoms with E-state index in [1.807, 2.05) is 25.1 Å². The molecule has 0 bridgehead atoms. The minimum atomic E-state index is 0.257. The third-order valence-corrected chi connectivity index (χ3v) is 2.30. The number of para-hydroxylation sites is 1. The van der Waals surface area contributed by atoms with E-state index in [2.05, 4.69) is 4.98 Å². The minimum absolute atomic E-state index is 0.257. The first-order chi connectivity index (χ1) is 7.18. The number of nitrogen functional groups attached to an aromatic ring is 1. The molecule has 0 saturated heterocycles. The van der Waals surface area contributed by atoms with Gasteiger partial charge in [0.2, 0.25) is 0 Å². The molecule has 2 rings (SSSR count). The first-order valence-electron chi connectivity index (χ1n) is 4.70. The van der Waals surface area contributed by atoms with Gasteiger partial charge in [-0.05, 0) is 25.1 Å². The maximum atomic E-state index is 9.70. The molecular weight excluding hydrogens is 188 g/mol. The molecule has 76 valence electrons. The van der Waals surface area contributed by atoms with Crippen molar-refractivity contribution in [1.82, 2.24) is 4.98 Å². The summed E-state index contributed by atoms with van der Waals surface area (Å²) in [7, 11) is 0. The van der Waals surface area contributed by atoms with E-state index in [1.54, 1.807) is 18.2 Å². The van der Waals surface area contributed by atoms with E-state index in [0.29, 0.717) is 5.82 Å². The van der Waals surface area contributed by atoms with E-state index in [-0.39, 0.29) is 5.75 Å². The van der Waals surface area contributed by atoms with Crippen LogP contribution in [0.25, 0.3) is 11.1 Å². The maximum absolute atomic E-state index is 9.70. The fraction of sp³-hybridized carbons (Fsp3) is 0.0833. The second-order valence-electron chi connectivity index (χ2n) is 3.39. The minimum Gasteiger partial charge on any atom is -0.507 e. The van der Waals surface area contributed by atoms with Gasteiger partial charge < -0.3 is 10.8 Å². The highest BCUT2D eigenvalue weighted by atomic mass is 16.3. The van der Waals surface area contributed by atoms with Gasteiger partial charge in [-0.3, -0.25) is 0 Å². The number of rotatable bonds is 1. The summed E-state index contributed by atoms with van der Waals surface area (Å²) in [6.45, 7) is 1.87. The Morgan fingerprint density at radius 3 is 2.47 bits per heavy atom. The van der Waals surface area contributed by atoms with Crippen molar-refractivity contribution in [2.24, 2.45) is 0 Å². The zero-order valence-corrected chi connectivity index (χ0v) is 8.44. The number of hydrogen-bond donors (Lipinski definition) is 2. The van der Waals surface area contributed by atoms with Crippen molar-refractivity contribution in [3.05, 3.63) is 42.1 Å². The van der Waals surface area contributed by atoms with Crippen molar-refractivity contribution in [2.45, 2.75) is 6.92 Å². The van der Waals surface area contributed by atoms with E-state index in [4.69, 9.17) is 5.73 Å². The molecule has 1 heterocycles. The molecule has 0 amide bonds. The summed E-state index contributed by atoms with van der Waals surface area (Å²) in [6.07, 6.45) is 0. The summed E-state index contributed by atoms with van der Waals surface area (Å²) in [4.78, 5) is 4.16. The number of hydrogen-bond acceptors (Lipinski definition) is 3. The monoisotopic (exact) mass is 200 g/mol. The number of nitrogens with two attached hydrogens (primary N) is 1. The number of phenolic OH excluding ortho intramolecular Hbond substituents is 1. The Morgan fingerprint density at radius 1 is 1.07 bits per heavy atom. The number of aromatic hydroxyl groups is 1. The third-order valence-electron chi connectivity index (χ3n) is 2.30. The van der Waals surface area contributed by atoms with E-state index in [1.165, 1.54) is 0 Å². The van der Waals surface area contributed by atoms with Crippen LogP contribution in [-0.4, -0.2) is 10.1 Å². The zero-order chi connectivity index (χ0) is 10.8. The number of benzene rings is 1. The van der Waals surface area contributed by atoms with Crippen molar-refractivity contribution in [3.63, 3.8) is 0 Å². The number of pyridine rings is 1. The zero-order valence-electron chi connectivity index (χ0n) is 8.44. The van der Waals surface area contributed by atoms with Crippen LogP contribution in [-0.2, 0) is 0 Å². The Kier molecular flexibility index (Phi) is 2.29. The molecule has 0 aliphatic heterocycles. The Labute approximate surface area is 88.2 Å². The van der Waals surface area contributed by atoms with Gasteiger partial charge in [-0.15, -0.1) is 0 Å². The highest BCUT2D eigenvalue weighted by molar-refractivity contribution is 5.72. The Bertz CT molecular complexity index is 495. The fourth-order valence-electron chi connectivity index (χ4n) is 1.57. The number of aromatic nitrogens is 1. The quantitative estimate of drug-likeness (QED) is 0.742. The summed E-state index contributed by atoms with van der Waals surface area (Å²) in [5, 5.41) is 9.70. The van der Waals surface area contributed by atoms with Gasteiger partial charge in [-0.2, -0.15) is 0 Å². The summed E-state index contributed by atoms with van der Waals surface area (Å²) in [5.41, 5.74) is 8.07. The predicted octanol–water partition coefficient (Wildman–Crippen LogP) is 2.34. The lowest BCUT2D eigenvalue weighted by Crippen LogP contribution is -1.94. The van der Waals surface area contributed by atoms with Crippen molar-refractivity contribution >= 4 is 5.82 Å². The summed E-state index contributed by atoms with van der Waals surface area (Å²) in [6, 6.07) is 10.8. The highest BCUT2D eigenvalue weighted by Gasteiger charge is 2.06. The van der Waals surface area contributed by atoms with Gasteiger partial charge in [0, 0.05) is 16.8 Å². The first-order valence-corrected chi connectivity index (χ1v) is 4.70. The van der Waals surface area contributed by atoms with E-state index >= 15 is 0 Å². The second-order valence-corrected chi connectivity index (χ2v) is 3.39. The maximum Gasteiger partial charge on any atom is 0.123 e. The SMILES string of the molecule is Cc1nc(N)ccc1-c1ccccc1O. The van der Waals surface area contributed by atoms with Crippen molar-refractivity contribution in [2.75, 3.05) is 5.73 Å². The summed E-state index contributed by atoms with van der Waals surface area (Å²) < 4.78 is 0. The lowest BCUT2D eigenvalue weighted by atomic mass is 10.0. The molecule has 3 nitrogen and oxygen atoms in total. The molecular formula is C12H12N2O. The lowest BCUT2D eigenvalue weighted by Gasteiger charge is -2.07. The topological polar surface area (TPSA) is 59.1 Å². The number of aryl methyl sites for hydroxylation is 1. The van der Waals surface area contributed by atoms with Crippen LogP contribution in [0, 0.1) is 6.92 Å². The van der Waals surface area contributed by atoms with Crippen molar-refractivity contribution in [3.8, 4) is 16.9 Å². The number of phenols is 1. The van der Waals surface area contributed by atoms with E-state index in [0.717, 1.165) is 16.8 Å². The van der Waals surface area contributed by atoms with Crippen LogP contribution >= 0.6 is 0 Å². The second kappa shape index (κ2) is 3.61. The van der Waals surface area contributed by atoms with Crippen molar-refractivity contribution < 1.29 is 5.11 Å². The molecule has 0 spiro atoms.